The first kappa shape index (κ1) is 21.3. The molecule has 2 aromatic heterocycles. The summed E-state index contributed by atoms with van der Waals surface area (Å²) in [6.45, 7) is 3.21. The molecule has 0 saturated carbocycles. The van der Waals surface area contributed by atoms with Crippen LogP contribution in [0.3, 0.4) is 0 Å². The Labute approximate surface area is 174 Å². The highest BCUT2D eigenvalue weighted by Gasteiger charge is 2.16. The van der Waals surface area contributed by atoms with Gasteiger partial charge in [-0.1, -0.05) is 22.7 Å². The summed E-state index contributed by atoms with van der Waals surface area (Å²) in [6.07, 6.45) is 1.13. The summed E-state index contributed by atoms with van der Waals surface area (Å²) in [6, 6.07) is 7.36. The van der Waals surface area contributed by atoms with Gasteiger partial charge >= 0.3 is 5.00 Å². The average molecular weight is 456 g/mol. The average Bonchev–Trinajstić information content (AvgIpc) is 3.26. The van der Waals surface area contributed by atoms with E-state index in [2.05, 4.69) is 4.99 Å². The third-order valence-corrected chi connectivity index (χ3v) is 7.10. The van der Waals surface area contributed by atoms with Gasteiger partial charge in [0, 0.05) is 25.5 Å². The van der Waals surface area contributed by atoms with Crippen LogP contribution in [0, 0.1) is 10.1 Å². The largest absolute Gasteiger partial charge is 0.380 e. The second kappa shape index (κ2) is 8.53. The fourth-order valence-corrected chi connectivity index (χ4v) is 5.09. The van der Waals surface area contributed by atoms with Gasteiger partial charge in [0.15, 0.2) is 14.6 Å². The third kappa shape index (κ3) is 4.78. The number of ether oxygens (including phenoxy) is 1. The van der Waals surface area contributed by atoms with Crippen LogP contribution in [-0.4, -0.2) is 43.3 Å². The van der Waals surface area contributed by atoms with Crippen molar-refractivity contribution in [3.63, 3.8) is 0 Å². The minimum absolute atomic E-state index is 0.137. The molecule has 3 rings (SSSR count). The molecule has 0 radical (unpaired) electrons. The molecule has 0 atom stereocenters. The first-order valence-corrected chi connectivity index (χ1v) is 12.0. The fraction of sp³-hybridized carbons (Fsp3) is 0.294. The van der Waals surface area contributed by atoms with Gasteiger partial charge in [0.1, 0.15) is 4.88 Å². The van der Waals surface area contributed by atoms with Gasteiger partial charge in [0.05, 0.1) is 26.6 Å². The predicted octanol–water partition coefficient (Wildman–Crippen LogP) is 2.85. The first-order chi connectivity index (χ1) is 13.7. The molecule has 0 aliphatic heterocycles. The molecule has 12 heteroatoms. The Morgan fingerprint density at radius 2 is 2.03 bits per heavy atom. The summed E-state index contributed by atoms with van der Waals surface area (Å²) in [4.78, 5) is 27.6. The number of hydrogen-bond acceptors (Lipinski definition) is 8. The van der Waals surface area contributed by atoms with Crippen molar-refractivity contribution in [2.75, 3.05) is 19.5 Å². The van der Waals surface area contributed by atoms with E-state index in [9.17, 15) is 23.3 Å². The monoisotopic (exact) mass is 455 g/mol. The van der Waals surface area contributed by atoms with E-state index in [1.807, 2.05) is 6.92 Å². The van der Waals surface area contributed by atoms with E-state index in [1.54, 1.807) is 16.7 Å². The van der Waals surface area contributed by atoms with Gasteiger partial charge in [-0.15, -0.1) is 0 Å². The van der Waals surface area contributed by atoms with E-state index in [-0.39, 0.29) is 14.8 Å². The smallest absolute Gasteiger partial charge is 0.324 e. The van der Waals surface area contributed by atoms with E-state index >= 15 is 0 Å². The number of sulfone groups is 1. The Balaban J connectivity index is 2.10. The number of fused-ring (bicyclic) bond motifs is 1. The lowest BCUT2D eigenvalue weighted by Gasteiger charge is -2.06. The molecule has 2 heterocycles. The number of amides is 1. The summed E-state index contributed by atoms with van der Waals surface area (Å²) in [5, 5.41) is 10.7. The van der Waals surface area contributed by atoms with Crippen molar-refractivity contribution in [2.24, 2.45) is 4.99 Å². The summed E-state index contributed by atoms with van der Waals surface area (Å²) in [7, 11) is -3.38. The summed E-state index contributed by atoms with van der Waals surface area (Å²) in [5.41, 5.74) is 0.728. The zero-order valence-corrected chi connectivity index (χ0v) is 18.0. The molecular formula is C17H17N3O6S3. The van der Waals surface area contributed by atoms with Crippen molar-refractivity contribution in [2.45, 2.75) is 18.4 Å². The lowest BCUT2D eigenvalue weighted by Crippen LogP contribution is -2.19. The maximum absolute atomic E-state index is 12.5. The summed E-state index contributed by atoms with van der Waals surface area (Å²) >= 11 is 1.93. The highest BCUT2D eigenvalue weighted by atomic mass is 32.2. The van der Waals surface area contributed by atoms with Gasteiger partial charge < -0.3 is 9.30 Å². The Kier molecular flexibility index (Phi) is 6.27. The zero-order valence-electron chi connectivity index (χ0n) is 15.5. The Bertz CT molecular complexity index is 1250. The minimum atomic E-state index is -3.38. The number of nitrogens with zero attached hydrogens (tertiary/aromatic N) is 3. The van der Waals surface area contributed by atoms with Crippen molar-refractivity contribution in [3.05, 3.63) is 50.1 Å². The lowest BCUT2D eigenvalue weighted by molar-refractivity contribution is -0.380. The van der Waals surface area contributed by atoms with E-state index < -0.39 is 20.7 Å². The summed E-state index contributed by atoms with van der Waals surface area (Å²) < 4.78 is 31.5. The zero-order chi connectivity index (χ0) is 21.2. The van der Waals surface area contributed by atoms with Gasteiger partial charge in [0.25, 0.3) is 5.91 Å². The number of hydrogen-bond donors (Lipinski definition) is 0. The van der Waals surface area contributed by atoms with Crippen molar-refractivity contribution in [1.29, 1.82) is 0 Å². The van der Waals surface area contributed by atoms with E-state index in [0.29, 0.717) is 29.3 Å². The van der Waals surface area contributed by atoms with E-state index in [4.69, 9.17) is 4.74 Å². The van der Waals surface area contributed by atoms with Crippen molar-refractivity contribution >= 4 is 53.6 Å². The molecular weight excluding hydrogens is 438 g/mol. The van der Waals surface area contributed by atoms with Crippen molar-refractivity contribution < 1.29 is 22.9 Å². The SMILES string of the molecule is CCOCCn1c(=NC(=O)c2ccc([N+](=O)[O-])s2)sc2cc(S(C)(=O)=O)ccc21. The quantitative estimate of drug-likeness (QED) is 0.307. The topological polar surface area (TPSA) is 121 Å². The molecule has 0 spiro atoms. The van der Waals surface area contributed by atoms with Crippen LogP contribution in [0.4, 0.5) is 5.00 Å². The molecule has 154 valence electrons. The molecule has 29 heavy (non-hydrogen) atoms. The molecule has 0 bridgehead atoms. The number of carbonyl (C=O) groups excluding carboxylic acids is 1. The molecule has 1 amide bonds. The molecule has 0 unspecified atom stereocenters. The van der Waals surface area contributed by atoms with Gasteiger partial charge in [-0.05, 0) is 31.2 Å². The van der Waals surface area contributed by atoms with Crippen LogP contribution in [-0.2, 0) is 21.1 Å². The van der Waals surface area contributed by atoms with Crippen LogP contribution in [0.25, 0.3) is 10.2 Å². The molecule has 3 aromatic rings. The fourth-order valence-electron chi connectivity index (χ4n) is 2.57. The normalized spacial score (nSPS) is 12.6. The Morgan fingerprint density at radius 3 is 2.66 bits per heavy atom. The predicted molar refractivity (Wildman–Crippen MR) is 110 cm³/mol. The van der Waals surface area contributed by atoms with Gasteiger partial charge in [0.2, 0.25) is 0 Å². The van der Waals surface area contributed by atoms with Crippen LogP contribution in [0.5, 0.6) is 0 Å². The first-order valence-electron chi connectivity index (χ1n) is 8.45. The molecule has 0 aliphatic rings. The molecule has 9 nitrogen and oxygen atoms in total. The second-order valence-corrected chi connectivity index (χ2v) is 10.0. The third-order valence-electron chi connectivity index (χ3n) is 3.93. The number of rotatable bonds is 7. The second-order valence-electron chi connectivity index (χ2n) is 5.95. The molecule has 0 fully saturated rings. The van der Waals surface area contributed by atoms with Crippen LogP contribution in [0.15, 0.2) is 40.2 Å². The van der Waals surface area contributed by atoms with Gasteiger partial charge in [-0.2, -0.15) is 4.99 Å². The number of carbonyl (C=O) groups is 1. The number of aromatic nitrogens is 1. The number of nitro groups is 1. The Morgan fingerprint density at radius 1 is 1.28 bits per heavy atom. The van der Waals surface area contributed by atoms with Crippen LogP contribution >= 0.6 is 22.7 Å². The molecule has 1 aromatic carbocycles. The highest BCUT2D eigenvalue weighted by molar-refractivity contribution is 7.90. The Hall–Kier alpha value is -2.41. The van der Waals surface area contributed by atoms with E-state index in [1.165, 1.54) is 29.5 Å². The molecule has 0 saturated heterocycles. The minimum Gasteiger partial charge on any atom is -0.380 e. The standard InChI is InChI=1S/C17H17N3O6S3/c1-3-26-9-8-19-12-5-4-11(29(2,24)25)10-14(12)28-17(19)18-16(21)13-6-7-15(27-13)20(22)23/h4-7,10H,3,8-9H2,1-2H3. The number of thiophene rings is 1. The highest BCUT2D eigenvalue weighted by Crippen LogP contribution is 2.25. The van der Waals surface area contributed by atoms with Crippen molar-refractivity contribution in [1.82, 2.24) is 4.57 Å². The van der Waals surface area contributed by atoms with Crippen molar-refractivity contribution in [3.8, 4) is 0 Å². The number of thiazole rings is 1. The molecule has 0 aliphatic carbocycles. The molecule has 0 N–H and O–H groups in total. The number of benzene rings is 1. The van der Waals surface area contributed by atoms with Crippen LogP contribution < -0.4 is 4.80 Å². The maximum atomic E-state index is 12.5. The van der Waals surface area contributed by atoms with Crippen LogP contribution in [0.1, 0.15) is 16.6 Å². The van der Waals surface area contributed by atoms with Gasteiger partial charge in [-0.3, -0.25) is 14.9 Å². The van der Waals surface area contributed by atoms with E-state index in [0.717, 1.165) is 23.1 Å². The van der Waals surface area contributed by atoms with Gasteiger partial charge in [-0.25, -0.2) is 8.42 Å². The lowest BCUT2D eigenvalue weighted by atomic mass is 10.3. The maximum Gasteiger partial charge on any atom is 0.324 e. The van der Waals surface area contributed by atoms with Crippen LogP contribution in [0.2, 0.25) is 0 Å². The summed E-state index contributed by atoms with van der Waals surface area (Å²) in [5.74, 6) is -0.594.